The average Bonchev–Trinajstić information content (AvgIpc) is 3.21. The summed E-state index contributed by atoms with van der Waals surface area (Å²) in [6, 6.07) is 9.89. The van der Waals surface area contributed by atoms with E-state index in [-0.39, 0.29) is 17.1 Å². The van der Waals surface area contributed by atoms with Crippen LogP contribution in [0.4, 0.5) is 0 Å². The summed E-state index contributed by atoms with van der Waals surface area (Å²) in [6.07, 6.45) is 1.96. The zero-order valence-corrected chi connectivity index (χ0v) is 22.6. The maximum absolute atomic E-state index is 13.8. The minimum absolute atomic E-state index is 0.0815. The molecular weight excluding hydrogens is 508 g/mol. The van der Waals surface area contributed by atoms with E-state index in [0.717, 1.165) is 31.5 Å². The lowest BCUT2D eigenvalue weighted by molar-refractivity contribution is 0.0314. The molecule has 3 heterocycles. The van der Waals surface area contributed by atoms with Crippen molar-refractivity contribution in [3.05, 3.63) is 68.5 Å². The molecule has 0 spiro atoms. The summed E-state index contributed by atoms with van der Waals surface area (Å²) in [5.74, 6) is 1.01. The van der Waals surface area contributed by atoms with E-state index in [1.807, 2.05) is 25.1 Å². The van der Waals surface area contributed by atoms with Gasteiger partial charge in [-0.05, 0) is 49.2 Å². The normalized spacial score (nSPS) is 17.7. The van der Waals surface area contributed by atoms with Gasteiger partial charge in [-0.3, -0.25) is 14.5 Å². The number of hydrogen-bond acceptors (Lipinski definition) is 7. The van der Waals surface area contributed by atoms with E-state index in [0.29, 0.717) is 72.6 Å². The highest BCUT2D eigenvalue weighted by Crippen LogP contribution is 2.41. The van der Waals surface area contributed by atoms with Gasteiger partial charge in [-0.25, -0.2) is 0 Å². The molecule has 1 saturated heterocycles. The average molecular weight is 541 g/mol. The van der Waals surface area contributed by atoms with Gasteiger partial charge >= 0.3 is 0 Å². The SMILES string of the molecule is CCCCOc1ccc(C2c3c(oc4ccc(Cl)cc4c3=O)C(=O)N2CCN2CCOCC2)cc1OCC. The molecule has 2 aromatic carbocycles. The lowest BCUT2D eigenvalue weighted by Gasteiger charge is -2.31. The van der Waals surface area contributed by atoms with Crippen LogP contribution in [0.3, 0.4) is 0 Å². The van der Waals surface area contributed by atoms with Gasteiger partial charge in [0.1, 0.15) is 5.58 Å². The van der Waals surface area contributed by atoms with Crippen LogP contribution >= 0.6 is 11.6 Å². The minimum atomic E-state index is -0.623. The van der Waals surface area contributed by atoms with Crippen LogP contribution in [0.15, 0.2) is 45.6 Å². The molecular formula is C29H33ClN2O6. The Morgan fingerprint density at radius 1 is 1.00 bits per heavy atom. The van der Waals surface area contributed by atoms with Gasteiger partial charge in [0.25, 0.3) is 5.91 Å². The van der Waals surface area contributed by atoms with E-state index in [1.54, 1.807) is 23.1 Å². The van der Waals surface area contributed by atoms with Crippen LogP contribution < -0.4 is 14.9 Å². The summed E-state index contributed by atoms with van der Waals surface area (Å²) >= 11 is 6.21. The molecule has 1 atom stereocenters. The lowest BCUT2D eigenvalue weighted by atomic mass is 9.98. The first-order valence-electron chi connectivity index (χ1n) is 13.3. The Labute approximate surface area is 227 Å². The number of morpholine rings is 1. The Morgan fingerprint density at radius 2 is 1.82 bits per heavy atom. The largest absolute Gasteiger partial charge is 0.490 e. The Bertz CT molecular complexity index is 1370. The number of hydrogen-bond donors (Lipinski definition) is 0. The lowest BCUT2D eigenvalue weighted by Crippen LogP contribution is -2.42. The molecule has 9 heteroatoms. The number of amides is 1. The molecule has 2 aliphatic rings. The summed E-state index contributed by atoms with van der Waals surface area (Å²) in [5.41, 5.74) is 1.18. The van der Waals surface area contributed by atoms with Crippen LogP contribution in [0.2, 0.25) is 5.02 Å². The zero-order chi connectivity index (χ0) is 26.6. The number of rotatable bonds is 10. The second-order valence-electron chi connectivity index (χ2n) is 9.51. The molecule has 0 aliphatic carbocycles. The highest BCUT2D eigenvalue weighted by atomic mass is 35.5. The summed E-state index contributed by atoms with van der Waals surface area (Å²) < 4.78 is 23.4. The molecule has 0 bridgehead atoms. The van der Waals surface area contributed by atoms with Crippen molar-refractivity contribution in [1.29, 1.82) is 0 Å². The third kappa shape index (κ3) is 5.25. The van der Waals surface area contributed by atoms with E-state index in [1.165, 1.54) is 0 Å². The van der Waals surface area contributed by atoms with Gasteiger partial charge in [0.2, 0.25) is 5.76 Å². The van der Waals surface area contributed by atoms with E-state index in [9.17, 15) is 9.59 Å². The molecule has 1 aromatic heterocycles. The van der Waals surface area contributed by atoms with Gasteiger partial charge in [-0.1, -0.05) is 31.0 Å². The number of halogens is 1. The Morgan fingerprint density at radius 3 is 2.58 bits per heavy atom. The van der Waals surface area contributed by atoms with Crippen molar-refractivity contribution in [1.82, 2.24) is 9.80 Å². The number of carbonyl (C=O) groups excluding carboxylic acids is 1. The van der Waals surface area contributed by atoms with Gasteiger partial charge in [0.15, 0.2) is 16.9 Å². The molecule has 3 aromatic rings. The molecule has 0 N–H and O–H groups in total. The van der Waals surface area contributed by atoms with Crippen molar-refractivity contribution in [2.45, 2.75) is 32.7 Å². The Balaban J connectivity index is 1.58. The van der Waals surface area contributed by atoms with Crippen molar-refractivity contribution in [3.8, 4) is 11.5 Å². The first-order chi connectivity index (χ1) is 18.5. The third-order valence-electron chi connectivity index (χ3n) is 7.03. The highest BCUT2D eigenvalue weighted by Gasteiger charge is 2.43. The van der Waals surface area contributed by atoms with E-state index in [2.05, 4.69) is 11.8 Å². The van der Waals surface area contributed by atoms with Crippen LogP contribution in [0.25, 0.3) is 11.0 Å². The first-order valence-corrected chi connectivity index (χ1v) is 13.7. The molecule has 1 unspecified atom stereocenters. The van der Waals surface area contributed by atoms with Crippen molar-refractivity contribution >= 4 is 28.5 Å². The van der Waals surface area contributed by atoms with Crippen molar-refractivity contribution in [2.24, 2.45) is 0 Å². The molecule has 0 saturated carbocycles. The van der Waals surface area contributed by atoms with Crippen LogP contribution in [-0.4, -0.2) is 68.3 Å². The topological polar surface area (TPSA) is 81.5 Å². The smallest absolute Gasteiger partial charge is 0.290 e. The van der Waals surface area contributed by atoms with Gasteiger partial charge < -0.3 is 23.5 Å². The Hall–Kier alpha value is -3.07. The van der Waals surface area contributed by atoms with E-state index < -0.39 is 6.04 Å². The number of carbonyl (C=O) groups is 1. The van der Waals surface area contributed by atoms with Crippen molar-refractivity contribution in [3.63, 3.8) is 0 Å². The fraction of sp³-hybridized carbons (Fsp3) is 0.448. The van der Waals surface area contributed by atoms with Crippen LogP contribution in [0, 0.1) is 0 Å². The standard InChI is InChI=1S/C29H33ClN2O6/c1-3-5-14-37-23-8-6-19(17-24(23)36-4-2)26-25-27(33)21-18-20(30)7-9-22(21)38-28(25)29(34)32(26)11-10-31-12-15-35-16-13-31/h6-9,17-18,26H,3-5,10-16H2,1-2H3. The maximum atomic E-state index is 13.8. The van der Waals surface area contributed by atoms with Gasteiger partial charge in [0.05, 0.1) is 43.4 Å². The molecule has 2 aliphatic heterocycles. The molecule has 1 fully saturated rings. The molecule has 202 valence electrons. The molecule has 38 heavy (non-hydrogen) atoms. The second-order valence-corrected chi connectivity index (χ2v) is 9.95. The fourth-order valence-electron chi connectivity index (χ4n) is 5.05. The number of unbranched alkanes of at least 4 members (excludes halogenated alkanes) is 1. The maximum Gasteiger partial charge on any atom is 0.290 e. The Kier molecular flexibility index (Phi) is 8.21. The summed E-state index contributed by atoms with van der Waals surface area (Å²) in [6.45, 7) is 9.10. The van der Waals surface area contributed by atoms with Crippen LogP contribution in [0.5, 0.6) is 11.5 Å². The molecule has 5 rings (SSSR count). The van der Waals surface area contributed by atoms with Crippen molar-refractivity contribution in [2.75, 3.05) is 52.6 Å². The van der Waals surface area contributed by atoms with Gasteiger partial charge in [0, 0.05) is 31.2 Å². The highest BCUT2D eigenvalue weighted by molar-refractivity contribution is 6.31. The number of benzene rings is 2. The first kappa shape index (κ1) is 26.5. The number of fused-ring (bicyclic) bond motifs is 2. The summed E-state index contributed by atoms with van der Waals surface area (Å²) in [7, 11) is 0. The van der Waals surface area contributed by atoms with Gasteiger partial charge in [-0.2, -0.15) is 0 Å². The molecule has 8 nitrogen and oxygen atoms in total. The molecule has 0 radical (unpaired) electrons. The predicted octanol–water partition coefficient (Wildman–Crippen LogP) is 4.90. The zero-order valence-electron chi connectivity index (χ0n) is 21.8. The van der Waals surface area contributed by atoms with Crippen LogP contribution in [-0.2, 0) is 4.74 Å². The van der Waals surface area contributed by atoms with E-state index in [4.69, 9.17) is 30.2 Å². The number of nitrogens with zero attached hydrogens (tertiary/aromatic N) is 2. The predicted molar refractivity (Wildman–Crippen MR) is 146 cm³/mol. The summed E-state index contributed by atoms with van der Waals surface area (Å²) in [4.78, 5) is 31.6. The monoisotopic (exact) mass is 540 g/mol. The molecule has 1 amide bonds. The van der Waals surface area contributed by atoms with Crippen molar-refractivity contribution < 1.29 is 23.4 Å². The minimum Gasteiger partial charge on any atom is -0.490 e. The van der Waals surface area contributed by atoms with Gasteiger partial charge in [-0.15, -0.1) is 0 Å². The third-order valence-corrected chi connectivity index (χ3v) is 7.26. The quantitative estimate of drug-likeness (QED) is 0.338. The van der Waals surface area contributed by atoms with Crippen LogP contribution in [0.1, 0.15) is 54.4 Å². The second kappa shape index (κ2) is 11.8. The number of ether oxygens (including phenoxy) is 3. The fourth-order valence-corrected chi connectivity index (χ4v) is 5.22. The van der Waals surface area contributed by atoms with E-state index >= 15 is 0 Å². The summed E-state index contributed by atoms with van der Waals surface area (Å²) in [5, 5.41) is 0.788.